The molecule has 0 saturated carbocycles. The molecule has 1 aliphatic heterocycles. The summed E-state index contributed by atoms with van der Waals surface area (Å²) in [6, 6.07) is 8.63. The van der Waals surface area contributed by atoms with Gasteiger partial charge in [0, 0.05) is 19.4 Å². The number of hydrogen-bond donors (Lipinski definition) is 1. The van der Waals surface area contributed by atoms with Gasteiger partial charge in [-0.15, -0.1) is 0 Å². The van der Waals surface area contributed by atoms with Crippen LogP contribution in [0.3, 0.4) is 0 Å². The molecule has 0 amide bonds. The van der Waals surface area contributed by atoms with Crippen LogP contribution in [0.1, 0.15) is 37.8 Å². The highest BCUT2D eigenvalue weighted by Gasteiger charge is 2.05. The van der Waals surface area contributed by atoms with Gasteiger partial charge in [0.2, 0.25) is 0 Å². The molecule has 1 heterocycles. The third-order valence-corrected chi connectivity index (χ3v) is 2.79. The van der Waals surface area contributed by atoms with Crippen molar-refractivity contribution in [2.75, 3.05) is 6.54 Å². The Hall–Kier alpha value is -1.15. The van der Waals surface area contributed by atoms with Crippen molar-refractivity contribution in [3.8, 4) is 0 Å². The van der Waals surface area contributed by atoms with Crippen LogP contribution in [0.2, 0.25) is 0 Å². The summed E-state index contributed by atoms with van der Waals surface area (Å²) in [5, 5.41) is 3.34. The fourth-order valence-electron chi connectivity index (χ4n) is 1.67. The van der Waals surface area contributed by atoms with E-state index in [0.717, 1.165) is 13.1 Å². The van der Waals surface area contributed by atoms with E-state index in [2.05, 4.69) is 29.6 Å². The van der Waals surface area contributed by atoms with Gasteiger partial charge in [-0.1, -0.05) is 38.1 Å². The number of benzene rings is 1. The molecule has 0 radical (unpaired) electrons. The molecule has 0 aromatic heterocycles. The average Bonchev–Trinajstić information content (AvgIpc) is 2.38. The quantitative estimate of drug-likeness (QED) is 0.828. The van der Waals surface area contributed by atoms with Crippen LogP contribution in [-0.4, -0.2) is 12.3 Å². The fraction of sp³-hybridized carbons (Fsp3) is 0.500. The smallest absolute Gasteiger partial charge is 0.132 e. The summed E-state index contributed by atoms with van der Waals surface area (Å²) in [4.78, 5) is 10.2. The summed E-state index contributed by atoms with van der Waals surface area (Å²) in [6.07, 6.45) is 2.57. The van der Waals surface area contributed by atoms with Crippen LogP contribution >= 0.6 is 0 Å². The first-order valence-corrected chi connectivity index (χ1v) is 6.07. The van der Waals surface area contributed by atoms with Crippen LogP contribution in [0.5, 0.6) is 0 Å². The largest absolute Gasteiger partial charge is 0.312 e. The van der Waals surface area contributed by atoms with Crippen LogP contribution in [0.15, 0.2) is 24.3 Å². The summed E-state index contributed by atoms with van der Waals surface area (Å²) >= 11 is 0. The first-order valence-electron chi connectivity index (χ1n) is 6.07. The van der Waals surface area contributed by atoms with Crippen molar-refractivity contribution in [1.82, 2.24) is 5.32 Å². The zero-order valence-corrected chi connectivity index (χ0v) is 10.3. The van der Waals surface area contributed by atoms with Gasteiger partial charge in [-0.05, 0) is 24.1 Å². The number of nitrogens with one attached hydrogen (secondary N) is 1. The van der Waals surface area contributed by atoms with Crippen molar-refractivity contribution in [1.29, 1.82) is 0 Å². The zero-order chi connectivity index (χ0) is 11.8. The van der Waals surface area contributed by atoms with Gasteiger partial charge >= 0.3 is 0 Å². The van der Waals surface area contributed by atoms with Crippen molar-refractivity contribution >= 4 is 5.78 Å². The van der Waals surface area contributed by atoms with Crippen LogP contribution < -0.4 is 5.32 Å². The number of carbonyl (C=O) groups is 1. The Kier molecular flexibility index (Phi) is 5.79. The minimum Gasteiger partial charge on any atom is -0.312 e. The lowest BCUT2D eigenvalue weighted by molar-refractivity contribution is -0.118. The van der Waals surface area contributed by atoms with E-state index in [9.17, 15) is 4.79 Å². The van der Waals surface area contributed by atoms with E-state index in [1.165, 1.54) is 17.5 Å². The highest BCUT2D eigenvalue weighted by atomic mass is 16.1. The Morgan fingerprint density at radius 3 is 2.31 bits per heavy atom. The highest BCUT2D eigenvalue weighted by molar-refractivity contribution is 5.77. The molecule has 0 atom stereocenters. The van der Waals surface area contributed by atoms with Crippen molar-refractivity contribution in [2.45, 2.75) is 39.7 Å². The molecule has 0 fully saturated rings. The molecule has 0 saturated heterocycles. The molecule has 88 valence electrons. The van der Waals surface area contributed by atoms with E-state index >= 15 is 0 Å². The van der Waals surface area contributed by atoms with Gasteiger partial charge in [0.15, 0.2) is 0 Å². The van der Waals surface area contributed by atoms with E-state index in [4.69, 9.17) is 0 Å². The monoisotopic (exact) mass is 219 g/mol. The van der Waals surface area contributed by atoms with E-state index in [1.807, 2.05) is 13.8 Å². The second-order valence-corrected chi connectivity index (χ2v) is 3.94. The molecule has 2 heteroatoms. The summed E-state index contributed by atoms with van der Waals surface area (Å²) in [5.41, 5.74) is 2.98. The standard InChI is InChI=1S/C9H11N.C5H10O/c1-2-4-9-7-10-6-5-8(9)3-1;1-3-5(6)4-2/h1-4,10H,5-7H2;3-4H2,1-2H3. The fourth-order valence-corrected chi connectivity index (χ4v) is 1.67. The number of hydrogen-bond acceptors (Lipinski definition) is 2. The Labute approximate surface area is 98.1 Å². The zero-order valence-electron chi connectivity index (χ0n) is 10.3. The first-order chi connectivity index (χ1) is 7.77. The van der Waals surface area contributed by atoms with Crippen LogP contribution in [0.4, 0.5) is 0 Å². The lowest BCUT2D eigenvalue weighted by atomic mass is 10.0. The lowest BCUT2D eigenvalue weighted by Crippen LogP contribution is -2.23. The first kappa shape index (κ1) is 12.9. The molecule has 2 nitrogen and oxygen atoms in total. The summed E-state index contributed by atoms with van der Waals surface area (Å²) in [7, 11) is 0. The second-order valence-electron chi connectivity index (χ2n) is 3.94. The molecule has 0 unspecified atom stereocenters. The SMILES string of the molecule is CCC(=O)CC.c1ccc2c(c1)CCNC2. The number of Topliss-reactive ketones (excluding diaryl/α,β-unsaturated/α-hetero) is 1. The molecule has 0 aliphatic carbocycles. The summed E-state index contributed by atoms with van der Waals surface area (Å²) < 4.78 is 0. The molecule has 0 spiro atoms. The maximum atomic E-state index is 10.2. The molecule has 1 aromatic rings. The van der Waals surface area contributed by atoms with Crippen molar-refractivity contribution in [3.63, 3.8) is 0 Å². The molecule has 2 rings (SSSR count). The van der Waals surface area contributed by atoms with Gasteiger partial charge in [-0.3, -0.25) is 4.79 Å². The lowest BCUT2D eigenvalue weighted by Gasteiger charge is -2.15. The van der Waals surface area contributed by atoms with Gasteiger partial charge in [-0.2, -0.15) is 0 Å². The topological polar surface area (TPSA) is 29.1 Å². The Bertz CT molecular complexity index is 302. The number of ketones is 1. The van der Waals surface area contributed by atoms with E-state index in [-0.39, 0.29) is 0 Å². The Morgan fingerprint density at radius 2 is 1.81 bits per heavy atom. The van der Waals surface area contributed by atoms with Crippen LogP contribution in [-0.2, 0) is 17.8 Å². The number of fused-ring (bicyclic) bond motifs is 1. The van der Waals surface area contributed by atoms with Crippen molar-refractivity contribution in [2.24, 2.45) is 0 Å². The van der Waals surface area contributed by atoms with Gasteiger partial charge in [0.1, 0.15) is 5.78 Å². The van der Waals surface area contributed by atoms with Crippen LogP contribution in [0, 0.1) is 0 Å². The second kappa shape index (κ2) is 7.18. The number of carbonyl (C=O) groups excluding carboxylic acids is 1. The van der Waals surface area contributed by atoms with Gasteiger partial charge in [0.05, 0.1) is 0 Å². The van der Waals surface area contributed by atoms with E-state index in [1.54, 1.807) is 0 Å². The Morgan fingerprint density at radius 1 is 1.19 bits per heavy atom. The maximum absolute atomic E-state index is 10.2. The summed E-state index contributed by atoms with van der Waals surface area (Å²) in [6.45, 7) is 5.95. The van der Waals surface area contributed by atoms with Gasteiger partial charge in [0.25, 0.3) is 0 Å². The minimum absolute atomic E-state index is 0.343. The molecular formula is C14H21NO. The van der Waals surface area contributed by atoms with Crippen molar-refractivity contribution in [3.05, 3.63) is 35.4 Å². The molecular weight excluding hydrogens is 198 g/mol. The number of rotatable bonds is 2. The maximum Gasteiger partial charge on any atom is 0.132 e. The average molecular weight is 219 g/mol. The van der Waals surface area contributed by atoms with Gasteiger partial charge < -0.3 is 5.32 Å². The van der Waals surface area contributed by atoms with E-state index < -0.39 is 0 Å². The predicted molar refractivity (Wildman–Crippen MR) is 67.4 cm³/mol. The van der Waals surface area contributed by atoms with E-state index in [0.29, 0.717) is 18.6 Å². The minimum atomic E-state index is 0.343. The molecule has 0 bridgehead atoms. The summed E-state index contributed by atoms with van der Waals surface area (Å²) in [5.74, 6) is 0.343. The molecule has 1 aliphatic rings. The Balaban J connectivity index is 0.000000187. The predicted octanol–water partition coefficient (Wildman–Crippen LogP) is 2.71. The van der Waals surface area contributed by atoms with Crippen LogP contribution in [0.25, 0.3) is 0 Å². The van der Waals surface area contributed by atoms with Crippen molar-refractivity contribution < 1.29 is 4.79 Å². The molecule has 1 aromatic carbocycles. The highest BCUT2D eigenvalue weighted by Crippen LogP contribution is 2.11. The molecule has 1 N–H and O–H groups in total. The third kappa shape index (κ3) is 4.15. The van der Waals surface area contributed by atoms with Gasteiger partial charge in [-0.25, -0.2) is 0 Å². The normalized spacial score (nSPS) is 13.4. The third-order valence-electron chi connectivity index (χ3n) is 2.79. The molecule has 16 heavy (non-hydrogen) atoms.